The van der Waals surface area contributed by atoms with Crippen molar-refractivity contribution in [2.45, 2.75) is 44.0 Å². The molecule has 1 amide bonds. The fourth-order valence-corrected chi connectivity index (χ4v) is 4.46. The normalized spacial score (nSPS) is 19.8. The largest absolute Gasteiger partial charge is 0.494 e. The number of benzene rings is 1. The average Bonchev–Trinajstić information content (AvgIpc) is 2.49. The van der Waals surface area contributed by atoms with Gasteiger partial charge >= 0.3 is 0 Å². The van der Waals surface area contributed by atoms with Gasteiger partial charge in [0.25, 0.3) is 0 Å². The maximum absolute atomic E-state index is 12.8. The van der Waals surface area contributed by atoms with Crippen LogP contribution in [0.1, 0.15) is 31.7 Å². The van der Waals surface area contributed by atoms with E-state index >= 15 is 0 Å². The van der Waals surface area contributed by atoms with Gasteiger partial charge in [-0.15, -0.1) is 0 Å². The summed E-state index contributed by atoms with van der Waals surface area (Å²) in [4.78, 5) is 11.7. The first kappa shape index (κ1) is 16.8. The van der Waals surface area contributed by atoms with Crippen LogP contribution in [-0.2, 0) is 14.8 Å². The fourth-order valence-electron chi connectivity index (χ4n) is 2.71. The molecular weight excluding hydrogens is 304 g/mol. The van der Waals surface area contributed by atoms with Gasteiger partial charge in [0.1, 0.15) is 11.8 Å². The number of nitrogens with zero attached hydrogens (tertiary/aromatic N) is 1. The zero-order chi connectivity index (χ0) is 16.3. The Balaban J connectivity index is 2.36. The summed E-state index contributed by atoms with van der Waals surface area (Å²) >= 11 is 0. The Morgan fingerprint density at radius 2 is 2.14 bits per heavy atom. The maximum atomic E-state index is 12.8. The molecule has 6 nitrogen and oxygen atoms in total. The van der Waals surface area contributed by atoms with Crippen LogP contribution in [0, 0.1) is 6.92 Å². The van der Waals surface area contributed by atoms with Crippen molar-refractivity contribution < 1.29 is 17.9 Å². The molecule has 1 aliphatic rings. The van der Waals surface area contributed by atoms with Crippen molar-refractivity contribution in [2.75, 3.05) is 13.2 Å². The number of carbonyl (C=O) groups is 1. The van der Waals surface area contributed by atoms with Gasteiger partial charge in [-0.2, -0.15) is 4.31 Å². The first-order valence-electron chi connectivity index (χ1n) is 7.42. The van der Waals surface area contributed by atoms with E-state index in [0.29, 0.717) is 25.3 Å². The van der Waals surface area contributed by atoms with Gasteiger partial charge in [0.15, 0.2) is 0 Å². The van der Waals surface area contributed by atoms with E-state index in [2.05, 4.69) is 0 Å². The number of nitrogens with two attached hydrogens (primary N) is 1. The summed E-state index contributed by atoms with van der Waals surface area (Å²) < 4.78 is 32.3. The lowest BCUT2D eigenvalue weighted by Crippen LogP contribution is -2.50. The van der Waals surface area contributed by atoms with Gasteiger partial charge in [-0.05, 0) is 50.5 Å². The first-order valence-corrected chi connectivity index (χ1v) is 8.86. The van der Waals surface area contributed by atoms with Gasteiger partial charge in [-0.25, -0.2) is 8.42 Å². The minimum Gasteiger partial charge on any atom is -0.494 e. The van der Waals surface area contributed by atoms with E-state index in [1.165, 1.54) is 10.4 Å². The SMILES string of the molecule is CCOc1ccc(S(=O)(=O)N2CCCCC2C(N)=O)cc1C. The summed E-state index contributed by atoms with van der Waals surface area (Å²) in [5.74, 6) is 0.0671. The topological polar surface area (TPSA) is 89.7 Å². The Morgan fingerprint density at radius 1 is 1.41 bits per heavy atom. The number of hydrogen-bond acceptors (Lipinski definition) is 4. The highest BCUT2D eigenvalue weighted by Gasteiger charge is 2.36. The highest BCUT2D eigenvalue weighted by Crippen LogP contribution is 2.28. The summed E-state index contributed by atoms with van der Waals surface area (Å²) in [5, 5.41) is 0. The Labute approximate surface area is 131 Å². The number of aryl methyl sites for hydroxylation is 1. The van der Waals surface area contributed by atoms with Gasteiger partial charge < -0.3 is 10.5 Å². The number of sulfonamides is 1. The minimum atomic E-state index is -3.73. The molecule has 7 heteroatoms. The predicted molar refractivity (Wildman–Crippen MR) is 83.1 cm³/mol. The molecule has 22 heavy (non-hydrogen) atoms. The third kappa shape index (κ3) is 3.25. The summed E-state index contributed by atoms with van der Waals surface area (Å²) in [5.41, 5.74) is 6.11. The number of amides is 1. The lowest BCUT2D eigenvalue weighted by molar-refractivity contribution is -0.122. The highest BCUT2D eigenvalue weighted by molar-refractivity contribution is 7.89. The Kier molecular flexibility index (Phi) is 5.08. The Bertz CT molecular complexity index is 658. The number of carbonyl (C=O) groups excluding carboxylic acids is 1. The molecule has 2 rings (SSSR count). The molecule has 0 saturated carbocycles. The summed E-state index contributed by atoms with van der Waals surface area (Å²) in [7, 11) is -3.73. The lowest BCUT2D eigenvalue weighted by Gasteiger charge is -2.32. The van der Waals surface area contributed by atoms with E-state index < -0.39 is 22.0 Å². The van der Waals surface area contributed by atoms with Crippen molar-refractivity contribution in [3.8, 4) is 5.75 Å². The molecule has 1 aliphatic heterocycles. The third-order valence-electron chi connectivity index (χ3n) is 3.83. The van der Waals surface area contributed by atoms with Gasteiger partial charge in [0.2, 0.25) is 15.9 Å². The van der Waals surface area contributed by atoms with Crippen molar-refractivity contribution >= 4 is 15.9 Å². The second kappa shape index (κ2) is 6.66. The van der Waals surface area contributed by atoms with Crippen LogP contribution in [0.25, 0.3) is 0 Å². The molecule has 1 fully saturated rings. The minimum absolute atomic E-state index is 0.168. The number of hydrogen-bond donors (Lipinski definition) is 1. The maximum Gasteiger partial charge on any atom is 0.243 e. The van der Waals surface area contributed by atoms with Crippen LogP contribution in [0.4, 0.5) is 0 Å². The quantitative estimate of drug-likeness (QED) is 0.886. The number of ether oxygens (including phenoxy) is 1. The molecule has 0 aliphatic carbocycles. The molecule has 1 heterocycles. The molecule has 0 spiro atoms. The number of primary amides is 1. The van der Waals surface area contributed by atoms with Gasteiger partial charge in [-0.3, -0.25) is 4.79 Å². The molecule has 1 aromatic rings. The van der Waals surface area contributed by atoms with E-state index in [1.54, 1.807) is 19.1 Å². The van der Waals surface area contributed by atoms with E-state index in [1.807, 2.05) is 6.92 Å². The smallest absolute Gasteiger partial charge is 0.243 e. The standard InChI is InChI=1S/C15H22N2O4S/c1-3-21-14-8-7-12(10-11(14)2)22(19,20)17-9-5-4-6-13(17)15(16)18/h7-8,10,13H,3-6,9H2,1-2H3,(H2,16,18). The van der Waals surface area contributed by atoms with Crippen LogP contribution in [0.3, 0.4) is 0 Å². The van der Waals surface area contributed by atoms with E-state index in [-0.39, 0.29) is 4.90 Å². The highest BCUT2D eigenvalue weighted by atomic mass is 32.2. The molecule has 1 unspecified atom stereocenters. The molecule has 0 bridgehead atoms. The van der Waals surface area contributed by atoms with Crippen molar-refractivity contribution in [1.29, 1.82) is 0 Å². The lowest BCUT2D eigenvalue weighted by atomic mass is 10.0. The first-order chi connectivity index (χ1) is 10.4. The Hall–Kier alpha value is -1.60. The second-order valence-electron chi connectivity index (χ2n) is 5.39. The van der Waals surface area contributed by atoms with E-state index in [4.69, 9.17) is 10.5 Å². The van der Waals surface area contributed by atoms with Crippen LogP contribution in [-0.4, -0.2) is 37.8 Å². The van der Waals surface area contributed by atoms with Crippen LogP contribution in [0.2, 0.25) is 0 Å². The molecule has 0 radical (unpaired) electrons. The molecule has 122 valence electrons. The predicted octanol–water partition coefficient (Wildman–Crippen LogP) is 1.42. The zero-order valence-electron chi connectivity index (χ0n) is 12.9. The van der Waals surface area contributed by atoms with Crippen molar-refractivity contribution in [1.82, 2.24) is 4.31 Å². The Morgan fingerprint density at radius 3 is 2.73 bits per heavy atom. The molecular formula is C15H22N2O4S. The average molecular weight is 326 g/mol. The van der Waals surface area contributed by atoms with Crippen molar-refractivity contribution in [3.05, 3.63) is 23.8 Å². The molecule has 1 saturated heterocycles. The summed E-state index contributed by atoms with van der Waals surface area (Å²) in [6, 6.07) is 3.98. The van der Waals surface area contributed by atoms with Crippen LogP contribution >= 0.6 is 0 Å². The van der Waals surface area contributed by atoms with Crippen LogP contribution < -0.4 is 10.5 Å². The monoisotopic (exact) mass is 326 g/mol. The van der Waals surface area contributed by atoms with Gasteiger partial charge in [-0.1, -0.05) is 6.42 Å². The van der Waals surface area contributed by atoms with Crippen LogP contribution in [0.5, 0.6) is 5.75 Å². The van der Waals surface area contributed by atoms with E-state index in [0.717, 1.165) is 18.4 Å². The molecule has 1 atom stereocenters. The zero-order valence-corrected chi connectivity index (χ0v) is 13.7. The summed E-state index contributed by atoms with van der Waals surface area (Å²) in [6.45, 7) is 4.51. The summed E-state index contributed by atoms with van der Waals surface area (Å²) in [6.07, 6.45) is 2.02. The molecule has 1 aromatic carbocycles. The fraction of sp³-hybridized carbons (Fsp3) is 0.533. The molecule has 2 N–H and O–H groups in total. The van der Waals surface area contributed by atoms with Crippen molar-refractivity contribution in [2.24, 2.45) is 5.73 Å². The number of piperidine rings is 1. The second-order valence-corrected chi connectivity index (χ2v) is 7.28. The van der Waals surface area contributed by atoms with Gasteiger partial charge in [0.05, 0.1) is 11.5 Å². The molecule has 0 aromatic heterocycles. The van der Waals surface area contributed by atoms with Crippen LogP contribution in [0.15, 0.2) is 23.1 Å². The van der Waals surface area contributed by atoms with Crippen molar-refractivity contribution in [3.63, 3.8) is 0 Å². The number of rotatable bonds is 5. The van der Waals surface area contributed by atoms with Gasteiger partial charge in [0, 0.05) is 6.54 Å². The third-order valence-corrected chi connectivity index (χ3v) is 5.74. The van der Waals surface area contributed by atoms with E-state index in [9.17, 15) is 13.2 Å².